The number of hydrogen-bond acceptors (Lipinski definition) is 5. The fraction of sp³-hybridized carbons (Fsp3) is 0.571. The van der Waals surface area contributed by atoms with E-state index in [0.29, 0.717) is 0 Å². The second kappa shape index (κ2) is 5.74. The van der Waals surface area contributed by atoms with Crippen LogP contribution in [0, 0.1) is 0 Å². The highest BCUT2D eigenvalue weighted by atomic mass is 32.3. The molecule has 1 rings (SSSR count). The van der Waals surface area contributed by atoms with Gasteiger partial charge in [0.05, 0.1) is 13.3 Å². The molecular formula is C7H14N2O4S. The molecule has 0 aromatic heterocycles. The third kappa shape index (κ3) is 5.68. The Kier molecular flexibility index (Phi) is 5.36. The molecule has 14 heavy (non-hydrogen) atoms. The average molecular weight is 222 g/mol. The first-order valence-corrected chi connectivity index (χ1v) is 5.22. The van der Waals surface area contributed by atoms with E-state index in [0.717, 1.165) is 20.2 Å². The van der Waals surface area contributed by atoms with Crippen molar-refractivity contribution in [3.05, 3.63) is 12.8 Å². The zero-order valence-corrected chi connectivity index (χ0v) is 9.00. The molecule has 0 bridgehead atoms. The van der Waals surface area contributed by atoms with Crippen LogP contribution in [0.15, 0.2) is 12.8 Å². The van der Waals surface area contributed by atoms with Gasteiger partial charge in [0.15, 0.2) is 0 Å². The topological polar surface area (TPSA) is 81.5 Å². The molecule has 1 heterocycles. The standard InChI is InChI=1S/C6H10N2.CH4O4S/c1-3-8-5-4-7-6(8)2;1-5-6(2,3)4/h3H,1,4-5H2,2H3;1H3,(H,2,3,4). The summed E-state index contributed by atoms with van der Waals surface area (Å²) in [5.74, 6) is 1.21. The Labute approximate surface area is 83.8 Å². The molecule has 7 heteroatoms. The molecule has 0 atom stereocenters. The van der Waals surface area contributed by atoms with Crippen molar-refractivity contribution in [2.75, 3.05) is 20.2 Å². The van der Waals surface area contributed by atoms with Crippen molar-refractivity contribution in [1.29, 1.82) is 0 Å². The van der Waals surface area contributed by atoms with Gasteiger partial charge in [-0.15, -0.1) is 0 Å². The van der Waals surface area contributed by atoms with Gasteiger partial charge in [-0.3, -0.25) is 9.50 Å². The second-order valence-electron chi connectivity index (χ2n) is 2.46. The van der Waals surface area contributed by atoms with Crippen LogP contribution in [0.25, 0.3) is 0 Å². The van der Waals surface area contributed by atoms with E-state index in [4.69, 9.17) is 0 Å². The van der Waals surface area contributed by atoms with Crippen LogP contribution in [0.4, 0.5) is 0 Å². The number of nitrogens with one attached hydrogen (secondary N) is 1. The third-order valence-electron chi connectivity index (χ3n) is 1.59. The van der Waals surface area contributed by atoms with E-state index in [1.54, 1.807) is 0 Å². The summed E-state index contributed by atoms with van der Waals surface area (Å²) in [6.07, 6.45) is 1.84. The third-order valence-corrected chi connectivity index (χ3v) is 2.00. The lowest BCUT2D eigenvalue weighted by Gasteiger charge is -1.98. The maximum Gasteiger partial charge on any atom is 0.246 e. The first-order chi connectivity index (χ1) is 6.40. The van der Waals surface area contributed by atoms with Gasteiger partial charge in [0.25, 0.3) is 0 Å². The first kappa shape index (κ1) is 13.1. The maximum absolute atomic E-state index is 9.22. The maximum atomic E-state index is 9.22. The molecule has 1 aliphatic rings. The largest absolute Gasteiger partial charge is 0.726 e. The summed E-state index contributed by atoms with van der Waals surface area (Å²) in [5.41, 5.74) is 0. The summed E-state index contributed by atoms with van der Waals surface area (Å²) in [7, 11) is -3.60. The lowest BCUT2D eigenvalue weighted by atomic mass is 10.6. The molecule has 0 saturated heterocycles. The van der Waals surface area contributed by atoms with E-state index in [1.807, 2.05) is 6.20 Å². The van der Waals surface area contributed by atoms with Crippen molar-refractivity contribution < 1.29 is 21.7 Å². The van der Waals surface area contributed by atoms with Crippen LogP contribution >= 0.6 is 0 Å². The van der Waals surface area contributed by atoms with Crippen LogP contribution in [-0.2, 0) is 14.6 Å². The molecule has 6 nitrogen and oxygen atoms in total. The fourth-order valence-corrected chi connectivity index (χ4v) is 0.855. The number of rotatable bonds is 2. The van der Waals surface area contributed by atoms with Crippen LogP contribution in [0.1, 0.15) is 6.92 Å². The van der Waals surface area contributed by atoms with Crippen LogP contribution in [0.5, 0.6) is 0 Å². The molecular weight excluding hydrogens is 208 g/mol. The van der Waals surface area contributed by atoms with Gasteiger partial charge in [-0.25, -0.2) is 13.0 Å². The summed E-state index contributed by atoms with van der Waals surface area (Å²) < 4.78 is 33.1. The highest BCUT2D eigenvalue weighted by Crippen LogP contribution is 1.84. The zero-order valence-electron chi connectivity index (χ0n) is 8.19. The van der Waals surface area contributed by atoms with Gasteiger partial charge in [-0.2, -0.15) is 0 Å². The van der Waals surface area contributed by atoms with E-state index < -0.39 is 10.4 Å². The summed E-state index contributed by atoms with van der Waals surface area (Å²) >= 11 is 0. The number of amidine groups is 1. The molecule has 0 radical (unpaired) electrons. The minimum atomic E-state index is -4.41. The normalized spacial score (nSPS) is 15.6. The van der Waals surface area contributed by atoms with E-state index >= 15 is 0 Å². The summed E-state index contributed by atoms with van der Waals surface area (Å²) in [6, 6.07) is 0. The molecule has 82 valence electrons. The van der Waals surface area contributed by atoms with Crippen molar-refractivity contribution in [2.24, 2.45) is 0 Å². The molecule has 1 N–H and O–H groups in total. The van der Waals surface area contributed by atoms with Gasteiger partial charge in [-0.1, -0.05) is 6.58 Å². The first-order valence-electron chi connectivity index (χ1n) is 3.88. The van der Waals surface area contributed by atoms with Crippen molar-refractivity contribution >= 4 is 16.2 Å². The molecule has 0 saturated carbocycles. The van der Waals surface area contributed by atoms with Gasteiger partial charge < -0.3 is 4.55 Å². The highest BCUT2D eigenvalue weighted by Gasteiger charge is 2.11. The predicted octanol–water partition coefficient (Wildman–Crippen LogP) is -0.743. The summed E-state index contributed by atoms with van der Waals surface area (Å²) in [5, 5.41) is 3.19. The van der Waals surface area contributed by atoms with E-state index in [2.05, 4.69) is 27.6 Å². The van der Waals surface area contributed by atoms with Gasteiger partial charge >= 0.3 is 0 Å². The van der Waals surface area contributed by atoms with Gasteiger partial charge in [0.1, 0.15) is 13.1 Å². The Balaban J connectivity index is 0.000000255. The Bertz CT molecular complexity index is 321. The van der Waals surface area contributed by atoms with Gasteiger partial charge in [-0.05, 0) is 0 Å². The van der Waals surface area contributed by atoms with Crippen molar-refractivity contribution in [3.63, 3.8) is 0 Å². The van der Waals surface area contributed by atoms with E-state index in [1.165, 1.54) is 5.84 Å². The number of nitrogens with zero attached hydrogens (tertiary/aromatic N) is 1. The lowest BCUT2D eigenvalue weighted by Crippen LogP contribution is -2.16. The Morgan fingerprint density at radius 3 is 2.36 bits per heavy atom. The minimum absolute atomic E-state index is 0.808. The van der Waals surface area contributed by atoms with Gasteiger partial charge in [0, 0.05) is 6.92 Å². The summed E-state index contributed by atoms with van der Waals surface area (Å²) in [6.45, 7) is 7.83. The van der Waals surface area contributed by atoms with Gasteiger partial charge in [0.2, 0.25) is 16.2 Å². The summed E-state index contributed by atoms with van der Waals surface area (Å²) in [4.78, 5) is 0. The fourth-order valence-electron chi connectivity index (χ4n) is 0.855. The van der Waals surface area contributed by atoms with Crippen molar-refractivity contribution in [3.8, 4) is 0 Å². The minimum Gasteiger partial charge on any atom is -0.726 e. The Hall–Kier alpha value is -0.920. The molecule has 0 spiro atoms. The smallest absolute Gasteiger partial charge is 0.246 e. The molecule has 0 fully saturated rings. The predicted molar refractivity (Wildman–Crippen MR) is 50.7 cm³/mol. The van der Waals surface area contributed by atoms with E-state index in [9.17, 15) is 13.0 Å². The number of hydrogen-bond donors (Lipinski definition) is 1. The van der Waals surface area contributed by atoms with Crippen LogP contribution in [0.3, 0.4) is 0 Å². The molecule has 0 aliphatic carbocycles. The van der Waals surface area contributed by atoms with E-state index in [-0.39, 0.29) is 0 Å². The second-order valence-corrected chi connectivity index (χ2v) is 3.61. The monoisotopic (exact) mass is 222 g/mol. The quantitative estimate of drug-likeness (QED) is 0.378. The van der Waals surface area contributed by atoms with Crippen LogP contribution in [0.2, 0.25) is 0 Å². The molecule has 0 unspecified atom stereocenters. The SMILES string of the molecule is C=C[N+]1=C(C)NCC1.COS(=O)(=O)[O-]. The lowest BCUT2D eigenvalue weighted by molar-refractivity contribution is -0.445. The molecule has 1 aliphatic heterocycles. The Morgan fingerprint density at radius 1 is 1.71 bits per heavy atom. The average Bonchev–Trinajstić information content (AvgIpc) is 2.51. The zero-order chi connectivity index (χ0) is 11.2. The molecule has 0 aromatic rings. The molecule has 0 aromatic carbocycles. The molecule has 0 amide bonds. The van der Waals surface area contributed by atoms with Crippen LogP contribution in [-0.4, -0.2) is 43.6 Å². The van der Waals surface area contributed by atoms with Crippen molar-refractivity contribution in [2.45, 2.75) is 6.92 Å². The van der Waals surface area contributed by atoms with Crippen LogP contribution < -0.4 is 5.32 Å². The highest BCUT2D eigenvalue weighted by molar-refractivity contribution is 7.80. The van der Waals surface area contributed by atoms with Crippen molar-refractivity contribution in [1.82, 2.24) is 5.32 Å². The Morgan fingerprint density at radius 2 is 2.21 bits per heavy atom.